The van der Waals surface area contributed by atoms with Crippen molar-refractivity contribution >= 4 is 23.5 Å². The maximum absolute atomic E-state index is 12.5. The third-order valence-electron chi connectivity index (χ3n) is 3.72. The molecule has 0 saturated heterocycles. The Hall–Kier alpha value is -3.59. The van der Waals surface area contributed by atoms with E-state index in [2.05, 4.69) is 5.32 Å². The molecule has 6 nitrogen and oxygen atoms in total. The van der Waals surface area contributed by atoms with Crippen molar-refractivity contribution in [2.24, 2.45) is 0 Å². The second-order valence-corrected chi connectivity index (χ2v) is 5.57. The van der Waals surface area contributed by atoms with Gasteiger partial charge >= 0.3 is 0 Å². The molecule has 0 aromatic heterocycles. The molecule has 0 radical (unpaired) electrons. The van der Waals surface area contributed by atoms with E-state index in [0.717, 1.165) is 0 Å². The number of ether oxygens (including phenoxy) is 2. The van der Waals surface area contributed by atoms with Crippen molar-refractivity contribution in [2.45, 2.75) is 13.8 Å². The first-order chi connectivity index (χ1) is 13.0. The predicted molar refractivity (Wildman–Crippen MR) is 103 cm³/mol. The third-order valence-corrected chi connectivity index (χ3v) is 3.72. The molecule has 2 rings (SSSR count). The second kappa shape index (κ2) is 9.20. The Morgan fingerprint density at radius 3 is 2.56 bits per heavy atom. The number of carbonyl (C=O) groups is 2. The first-order valence-corrected chi connectivity index (χ1v) is 8.34. The molecule has 2 aromatic rings. The number of methoxy groups -OCH3 is 1. The van der Waals surface area contributed by atoms with Gasteiger partial charge in [0.25, 0.3) is 5.91 Å². The fraction of sp³-hybridized carbons (Fsp3) is 0.190. The number of hydrogen-bond acceptors (Lipinski definition) is 5. The van der Waals surface area contributed by atoms with Gasteiger partial charge in [0.05, 0.1) is 19.4 Å². The molecule has 27 heavy (non-hydrogen) atoms. The summed E-state index contributed by atoms with van der Waals surface area (Å²) in [6, 6.07) is 13.6. The number of Topliss-reactive ketones (excluding diaryl/α,β-unsaturated/α-hetero) is 1. The maximum atomic E-state index is 12.5. The summed E-state index contributed by atoms with van der Waals surface area (Å²) >= 11 is 0. The summed E-state index contributed by atoms with van der Waals surface area (Å²) in [5.41, 5.74) is 1.26. The van der Waals surface area contributed by atoms with Crippen molar-refractivity contribution in [3.05, 3.63) is 59.2 Å². The van der Waals surface area contributed by atoms with Gasteiger partial charge in [-0.25, -0.2) is 0 Å². The van der Waals surface area contributed by atoms with Crippen LogP contribution in [-0.2, 0) is 4.79 Å². The van der Waals surface area contributed by atoms with Crippen LogP contribution >= 0.6 is 0 Å². The highest BCUT2D eigenvalue weighted by Gasteiger charge is 2.14. The van der Waals surface area contributed by atoms with Gasteiger partial charge in [0.15, 0.2) is 17.3 Å². The molecule has 0 heterocycles. The molecule has 1 N–H and O–H groups in total. The molecule has 0 spiro atoms. The van der Waals surface area contributed by atoms with Crippen LogP contribution in [0.1, 0.15) is 29.8 Å². The number of nitrogens with one attached hydrogen (secondary N) is 1. The van der Waals surface area contributed by atoms with Crippen molar-refractivity contribution in [2.75, 3.05) is 19.0 Å². The lowest BCUT2D eigenvalue weighted by molar-refractivity contribution is -0.112. The topological polar surface area (TPSA) is 88.4 Å². The smallest absolute Gasteiger partial charge is 0.266 e. The molecule has 0 bridgehead atoms. The van der Waals surface area contributed by atoms with E-state index in [0.29, 0.717) is 34.9 Å². The lowest BCUT2D eigenvalue weighted by Gasteiger charge is -2.10. The maximum Gasteiger partial charge on any atom is 0.266 e. The quantitative estimate of drug-likeness (QED) is 0.458. The van der Waals surface area contributed by atoms with Crippen molar-refractivity contribution in [1.29, 1.82) is 5.26 Å². The van der Waals surface area contributed by atoms with Crippen LogP contribution in [0.25, 0.3) is 6.08 Å². The summed E-state index contributed by atoms with van der Waals surface area (Å²) in [5.74, 6) is 0.310. The second-order valence-electron chi connectivity index (χ2n) is 5.57. The Balaban J connectivity index is 2.30. The number of ketones is 1. The van der Waals surface area contributed by atoms with Crippen LogP contribution in [0.3, 0.4) is 0 Å². The van der Waals surface area contributed by atoms with E-state index in [-0.39, 0.29) is 11.4 Å². The fourth-order valence-corrected chi connectivity index (χ4v) is 2.45. The van der Waals surface area contributed by atoms with Gasteiger partial charge in [-0.15, -0.1) is 0 Å². The third kappa shape index (κ3) is 4.95. The number of benzene rings is 2. The van der Waals surface area contributed by atoms with Crippen molar-refractivity contribution < 1.29 is 19.1 Å². The zero-order valence-electron chi connectivity index (χ0n) is 15.4. The van der Waals surface area contributed by atoms with Gasteiger partial charge in [-0.1, -0.05) is 18.2 Å². The van der Waals surface area contributed by atoms with E-state index in [9.17, 15) is 14.9 Å². The number of anilines is 1. The SMILES string of the molecule is CCOc1ccc(/C=C(/C#N)C(=O)Nc2ccccc2C(C)=O)cc1OC. The number of nitrogens with zero attached hydrogens (tertiary/aromatic N) is 1. The minimum Gasteiger partial charge on any atom is -0.493 e. The molecule has 0 atom stereocenters. The zero-order chi connectivity index (χ0) is 19.8. The molecule has 138 valence electrons. The van der Waals surface area contributed by atoms with Crippen LogP contribution in [-0.4, -0.2) is 25.4 Å². The van der Waals surface area contributed by atoms with Crippen molar-refractivity contribution in [3.8, 4) is 17.6 Å². The van der Waals surface area contributed by atoms with E-state index < -0.39 is 5.91 Å². The van der Waals surface area contributed by atoms with Crippen LogP contribution in [0.5, 0.6) is 11.5 Å². The minimum absolute atomic E-state index is 0.0976. The Morgan fingerprint density at radius 2 is 1.93 bits per heavy atom. The summed E-state index contributed by atoms with van der Waals surface area (Å²) in [5, 5.41) is 12.0. The van der Waals surface area contributed by atoms with Gasteiger partial charge < -0.3 is 14.8 Å². The summed E-state index contributed by atoms with van der Waals surface area (Å²) in [7, 11) is 1.52. The molecule has 0 aliphatic heterocycles. The Bertz CT molecular complexity index is 926. The zero-order valence-corrected chi connectivity index (χ0v) is 15.4. The lowest BCUT2D eigenvalue weighted by atomic mass is 10.1. The molecule has 0 aliphatic rings. The van der Waals surface area contributed by atoms with Crippen LogP contribution in [0, 0.1) is 11.3 Å². The molecule has 0 aliphatic carbocycles. The monoisotopic (exact) mass is 364 g/mol. The van der Waals surface area contributed by atoms with Gasteiger partial charge in [0.1, 0.15) is 11.6 Å². The molecule has 2 aromatic carbocycles. The first kappa shape index (κ1) is 19.7. The van der Waals surface area contributed by atoms with Crippen molar-refractivity contribution in [1.82, 2.24) is 0 Å². The van der Waals surface area contributed by atoms with Gasteiger partial charge in [-0.3, -0.25) is 9.59 Å². The highest BCUT2D eigenvalue weighted by atomic mass is 16.5. The van der Waals surface area contributed by atoms with Crippen LogP contribution < -0.4 is 14.8 Å². The minimum atomic E-state index is -0.598. The molecular formula is C21H20N2O4. The normalized spacial score (nSPS) is 10.7. The van der Waals surface area contributed by atoms with Crippen LogP contribution in [0.15, 0.2) is 48.0 Å². The van der Waals surface area contributed by atoms with Crippen LogP contribution in [0.4, 0.5) is 5.69 Å². The van der Waals surface area contributed by atoms with E-state index in [4.69, 9.17) is 9.47 Å². The van der Waals surface area contributed by atoms with Gasteiger partial charge in [0, 0.05) is 5.56 Å². The number of nitriles is 1. The number of carbonyl (C=O) groups excluding carboxylic acids is 2. The number of rotatable bonds is 7. The Morgan fingerprint density at radius 1 is 1.19 bits per heavy atom. The number of amides is 1. The van der Waals surface area contributed by atoms with E-state index >= 15 is 0 Å². The van der Waals surface area contributed by atoms with Gasteiger partial charge in [0.2, 0.25) is 0 Å². The molecular weight excluding hydrogens is 344 g/mol. The average molecular weight is 364 g/mol. The van der Waals surface area contributed by atoms with Crippen molar-refractivity contribution in [3.63, 3.8) is 0 Å². The average Bonchev–Trinajstić information content (AvgIpc) is 2.67. The van der Waals surface area contributed by atoms with E-state index in [1.807, 2.05) is 13.0 Å². The highest BCUT2D eigenvalue weighted by molar-refractivity contribution is 6.12. The van der Waals surface area contributed by atoms with Gasteiger partial charge in [-0.2, -0.15) is 5.26 Å². The van der Waals surface area contributed by atoms with Crippen LogP contribution in [0.2, 0.25) is 0 Å². The van der Waals surface area contributed by atoms with E-state index in [1.54, 1.807) is 42.5 Å². The predicted octanol–water partition coefficient (Wildman–Crippen LogP) is 3.84. The summed E-state index contributed by atoms with van der Waals surface area (Å²) in [6.07, 6.45) is 1.45. The molecule has 0 fully saturated rings. The van der Waals surface area contributed by atoms with E-state index in [1.165, 1.54) is 20.1 Å². The standard InChI is InChI=1S/C21H20N2O4/c1-4-27-19-10-9-15(12-20(19)26-3)11-16(13-22)21(25)23-18-8-6-5-7-17(18)14(2)24/h5-12H,4H2,1-3H3,(H,23,25)/b16-11-. The number of hydrogen-bond donors (Lipinski definition) is 1. The molecule has 6 heteroatoms. The Kier molecular flexibility index (Phi) is 6.73. The summed E-state index contributed by atoms with van der Waals surface area (Å²) < 4.78 is 10.7. The summed E-state index contributed by atoms with van der Waals surface area (Å²) in [4.78, 5) is 24.2. The van der Waals surface area contributed by atoms with Gasteiger partial charge in [-0.05, 0) is 49.8 Å². The number of para-hydroxylation sites is 1. The lowest BCUT2D eigenvalue weighted by Crippen LogP contribution is -2.15. The highest BCUT2D eigenvalue weighted by Crippen LogP contribution is 2.29. The summed E-state index contributed by atoms with van der Waals surface area (Å²) in [6.45, 7) is 3.77. The largest absolute Gasteiger partial charge is 0.493 e. The molecule has 0 unspecified atom stereocenters. The first-order valence-electron chi connectivity index (χ1n) is 8.34. The fourth-order valence-electron chi connectivity index (χ4n) is 2.45. The molecule has 1 amide bonds. The Labute approximate surface area is 158 Å². The molecule has 0 saturated carbocycles.